The van der Waals surface area contributed by atoms with Crippen molar-refractivity contribution < 1.29 is 22.7 Å². The first-order valence-corrected chi connectivity index (χ1v) is 8.55. The molecule has 0 radical (unpaired) electrons. The molecule has 0 amide bonds. The fourth-order valence-electron chi connectivity index (χ4n) is 2.67. The van der Waals surface area contributed by atoms with Crippen LogP contribution in [-0.4, -0.2) is 15.5 Å². The van der Waals surface area contributed by atoms with Crippen molar-refractivity contribution in [1.82, 2.24) is 9.55 Å². The van der Waals surface area contributed by atoms with Crippen LogP contribution in [0.3, 0.4) is 0 Å². The quantitative estimate of drug-likeness (QED) is 0.408. The smallest absolute Gasteiger partial charge is 0.346 e. The molecule has 3 aromatic rings. The highest BCUT2D eigenvalue weighted by Crippen LogP contribution is 2.38. The van der Waals surface area contributed by atoms with Crippen molar-refractivity contribution in [3.63, 3.8) is 0 Å². The van der Waals surface area contributed by atoms with Gasteiger partial charge >= 0.3 is 11.5 Å². The van der Waals surface area contributed by atoms with Crippen molar-refractivity contribution in [1.29, 1.82) is 0 Å². The maximum Gasteiger partial charge on any atom is 0.346 e. The van der Waals surface area contributed by atoms with Gasteiger partial charge in [-0.1, -0.05) is 25.4 Å². The van der Waals surface area contributed by atoms with E-state index in [4.69, 9.17) is 16.3 Å². The molecule has 0 saturated carbocycles. The second kappa shape index (κ2) is 7.16. The van der Waals surface area contributed by atoms with Gasteiger partial charge in [-0.15, -0.1) is 0 Å². The lowest BCUT2D eigenvalue weighted by Crippen LogP contribution is -2.28. The Hall–Kier alpha value is -3.07. The minimum atomic E-state index is -1.01. The fraction of sp³-hybridized carbons (Fsp3) is 0.222. The van der Waals surface area contributed by atoms with Crippen LogP contribution in [0.15, 0.2) is 29.3 Å². The van der Waals surface area contributed by atoms with Gasteiger partial charge in [-0.05, 0) is 12.1 Å². The van der Waals surface area contributed by atoms with Gasteiger partial charge in [-0.2, -0.15) is 0 Å². The van der Waals surface area contributed by atoms with Crippen molar-refractivity contribution in [2.45, 2.75) is 13.8 Å². The topological polar surface area (TPSA) is 87.1 Å². The van der Waals surface area contributed by atoms with E-state index in [9.17, 15) is 23.3 Å². The Balaban J connectivity index is 2.57. The highest BCUT2D eigenvalue weighted by atomic mass is 35.5. The van der Waals surface area contributed by atoms with E-state index in [1.165, 1.54) is 13.2 Å². The molecule has 1 N–H and O–H groups in total. The molecule has 10 heteroatoms. The zero-order chi connectivity index (χ0) is 20.7. The van der Waals surface area contributed by atoms with Gasteiger partial charge in [0.1, 0.15) is 17.2 Å². The summed E-state index contributed by atoms with van der Waals surface area (Å²) in [5, 5.41) is -0.671. The van der Waals surface area contributed by atoms with Crippen LogP contribution in [0.25, 0.3) is 22.3 Å². The van der Waals surface area contributed by atoms with Crippen LogP contribution in [-0.2, 0) is 11.8 Å². The van der Waals surface area contributed by atoms with E-state index in [-0.39, 0.29) is 11.2 Å². The number of rotatable bonds is 3. The number of halogens is 3. The Bertz CT molecular complexity index is 1230. The van der Waals surface area contributed by atoms with Crippen LogP contribution in [0.4, 0.5) is 8.78 Å². The number of aromatic amines is 1. The normalized spacial score (nSPS) is 11.2. The lowest BCUT2D eigenvalue weighted by atomic mass is 10.0. The van der Waals surface area contributed by atoms with Gasteiger partial charge in [0.2, 0.25) is 11.9 Å². The number of aromatic nitrogens is 3. The minimum absolute atomic E-state index is 0.0192. The summed E-state index contributed by atoms with van der Waals surface area (Å²) >= 11 is 5.92. The number of carbonyl (C=O) groups excluding carboxylic acids is 1. The number of pyridine rings is 1. The average molecular weight is 411 g/mol. The molecule has 0 fully saturated rings. The lowest BCUT2D eigenvalue weighted by molar-refractivity contribution is -0.464. The van der Waals surface area contributed by atoms with E-state index >= 15 is 0 Å². The average Bonchev–Trinajstić information content (AvgIpc) is 2.64. The minimum Gasteiger partial charge on any atom is -0.418 e. The van der Waals surface area contributed by atoms with Crippen LogP contribution < -0.4 is 14.7 Å². The van der Waals surface area contributed by atoms with Crippen LogP contribution in [0.1, 0.15) is 13.8 Å². The predicted octanol–water partition coefficient (Wildman–Crippen LogP) is 2.94. The number of hydrogen-bond donors (Lipinski definition) is 1. The molecular weight excluding hydrogens is 396 g/mol. The van der Waals surface area contributed by atoms with Crippen LogP contribution >= 0.6 is 11.6 Å². The van der Waals surface area contributed by atoms with Gasteiger partial charge in [-0.3, -0.25) is 14.2 Å². The van der Waals surface area contributed by atoms with E-state index in [1.807, 2.05) is 0 Å². The molecule has 0 unspecified atom stereocenters. The summed E-state index contributed by atoms with van der Waals surface area (Å²) in [7, 11) is 1.32. The molecule has 1 aromatic carbocycles. The molecule has 0 bridgehead atoms. The Morgan fingerprint density at radius 3 is 2.54 bits per heavy atom. The highest BCUT2D eigenvalue weighted by Gasteiger charge is 2.31. The number of fused-ring (bicyclic) bond motifs is 1. The summed E-state index contributed by atoms with van der Waals surface area (Å²) in [5.74, 6) is -3.88. The molecule has 0 aliphatic rings. The zero-order valence-electron chi connectivity index (χ0n) is 15.0. The molecule has 7 nitrogen and oxygen atoms in total. The predicted molar refractivity (Wildman–Crippen MR) is 97.7 cm³/mol. The Labute approximate surface area is 161 Å². The van der Waals surface area contributed by atoms with Crippen LogP contribution in [0.5, 0.6) is 5.75 Å². The third-order valence-electron chi connectivity index (χ3n) is 4.14. The molecule has 0 aliphatic heterocycles. The molecule has 3 rings (SSSR count). The van der Waals surface area contributed by atoms with E-state index in [0.29, 0.717) is 4.43 Å². The maximum absolute atomic E-state index is 14.6. The second-order valence-corrected chi connectivity index (χ2v) is 6.72. The number of carbonyl (C=O) groups is 1. The van der Waals surface area contributed by atoms with Gasteiger partial charge in [0, 0.05) is 17.5 Å². The third-order valence-corrected chi connectivity index (χ3v) is 4.51. The molecule has 0 atom stereocenters. The first kappa shape index (κ1) is 19.7. The highest BCUT2D eigenvalue weighted by molar-refractivity contribution is 6.33. The summed E-state index contributed by atoms with van der Waals surface area (Å²) in [6.07, 6.45) is 2.35. The Morgan fingerprint density at radius 2 is 1.89 bits per heavy atom. The fourth-order valence-corrected chi connectivity index (χ4v) is 2.92. The molecular formula is C18H15ClF2N3O4+. The molecule has 28 heavy (non-hydrogen) atoms. The van der Waals surface area contributed by atoms with Gasteiger partial charge < -0.3 is 9.72 Å². The SMILES string of the molecule is CC(C)C(=O)Oc1c(-c2c(F)ccc(F)c2Cl)c(=O)n(C)c2[nH]cc[n+](=O)c12. The molecule has 0 aliphatic carbocycles. The summed E-state index contributed by atoms with van der Waals surface area (Å²) in [6.45, 7) is 3.08. The summed E-state index contributed by atoms with van der Waals surface area (Å²) in [6, 6.07) is 1.59. The molecule has 146 valence electrons. The second-order valence-electron chi connectivity index (χ2n) is 6.35. The monoisotopic (exact) mass is 410 g/mol. The first-order chi connectivity index (χ1) is 13.1. The number of ether oxygens (including phenoxy) is 1. The largest absolute Gasteiger partial charge is 0.418 e. The van der Waals surface area contributed by atoms with E-state index in [0.717, 1.165) is 22.9 Å². The number of hydrogen-bond acceptors (Lipinski definition) is 4. The van der Waals surface area contributed by atoms with Crippen molar-refractivity contribution >= 4 is 28.7 Å². The third kappa shape index (κ3) is 3.07. The first-order valence-electron chi connectivity index (χ1n) is 8.17. The molecule has 2 aromatic heterocycles. The Kier molecular flexibility index (Phi) is 5.03. The number of nitrogens with zero attached hydrogens (tertiary/aromatic N) is 2. The summed E-state index contributed by atoms with van der Waals surface area (Å²) in [5.41, 5.74) is -2.19. The van der Waals surface area contributed by atoms with E-state index in [1.54, 1.807) is 13.8 Å². The molecule has 0 spiro atoms. The van der Waals surface area contributed by atoms with Gasteiger partial charge in [0.05, 0.1) is 21.6 Å². The summed E-state index contributed by atoms with van der Waals surface area (Å²) < 4.78 is 35.2. The summed E-state index contributed by atoms with van der Waals surface area (Å²) in [4.78, 5) is 40.3. The molecule has 2 heterocycles. The van der Waals surface area contributed by atoms with Crippen molar-refractivity contribution in [3.05, 3.63) is 56.4 Å². The van der Waals surface area contributed by atoms with E-state index < -0.39 is 51.0 Å². The maximum atomic E-state index is 14.6. The van der Waals surface area contributed by atoms with Crippen LogP contribution in [0, 0.1) is 22.5 Å². The van der Waals surface area contributed by atoms with E-state index in [2.05, 4.69) is 4.98 Å². The van der Waals surface area contributed by atoms with Crippen molar-refractivity contribution in [3.8, 4) is 16.9 Å². The zero-order valence-corrected chi connectivity index (χ0v) is 15.8. The van der Waals surface area contributed by atoms with Gasteiger partial charge in [0.15, 0.2) is 5.65 Å². The standard InChI is InChI=1S/C18H14ClF2N3O4/c1-8(2)18(26)28-15-12(11-9(20)4-5-10(21)13(11)19)17(25)23(3)16-14(15)24(27)7-6-22-16/h4-8H,1-3H3/p+1. The van der Waals surface area contributed by atoms with Crippen LogP contribution in [0.2, 0.25) is 5.02 Å². The lowest BCUT2D eigenvalue weighted by Gasteiger charge is -2.14. The number of nitrogens with one attached hydrogen (secondary N) is 1. The number of aryl methyl sites for hydroxylation is 1. The van der Waals surface area contributed by atoms with Crippen molar-refractivity contribution in [2.75, 3.05) is 0 Å². The number of H-pyrrole nitrogens is 1. The van der Waals surface area contributed by atoms with Gasteiger partial charge in [-0.25, -0.2) is 8.78 Å². The van der Waals surface area contributed by atoms with Gasteiger partial charge in [0.25, 0.3) is 5.56 Å². The molecule has 0 saturated heterocycles. The van der Waals surface area contributed by atoms with Crippen molar-refractivity contribution in [2.24, 2.45) is 13.0 Å². The number of benzene rings is 1. The Morgan fingerprint density at radius 1 is 1.25 bits per heavy atom. The number of esters is 1.